The van der Waals surface area contributed by atoms with Crippen LogP contribution >= 0.6 is 0 Å². The molecule has 2 aromatic carbocycles. The number of benzene rings is 2. The molecule has 4 atom stereocenters. The second-order valence-corrected chi connectivity index (χ2v) is 8.08. The molecule has 9 nitrogen and oxygen atoms in total. The van der Waals surface area contributed by atoms with Crippen LogP contribution in [0.15, 0.2) is 71.5 Å². The first kappa shape index (κ1) is 21.8. The minimum atomic E-state index is -0.752. The Labute approximate surface area is 194 Å². The average molecular weight is 462 g/mol. The standard InChI is InChI=1S/C25H22N2O7/c1-31-20-13-17-12-18-21(34-24(29)16-10-6-3-7-11-16)19(33-22(18)27(17)25(30)26-20)14-32-23(28)15-8-4-2-5-9-15/h2-11,13,18-19,21-22H,12,14H2,1H3/t18-,19+,21-,22+/m0/s1. The van der Waals surface area contributed by atoms with E-state index in [4.69, 9.17) is 18.9 Å². The van der Waals surface area contributed by atoms with E-state index in [1.165, 1.54) is 11.7 Å². The van der Waals surface area contributed by atoms with Crippen molar-refractivity contribution < 1.29 is 28.5 Å². The van der Waals surface area contributed by atoms with Crippen LogP contribution in [0.2, 0.25) is 0 Å². The molecule has 34 heavy (non-hydrogen) atoms. The number of hydrogen-bond donors (Lipinski definition) is 0. The van der Waals surface area contributed by atoms with Gasteiger partial charge in [0.1, 0.15) is 25.0 Å². The summed E-state index contributed by atoms with van der Waals surface area (Å²) in [5.74, 6) is -1.18. The van der Waals surface area contributed by atoms with Crippen molar-refractivity contribution in [3.05, 3.63) is 94.0 Å². The van der Waals surface area contributed by atoms with Crippen molar-refractivity contribution in [1.82, 2.24) is 9.55 Å². The zero-order valence-corrected chi connectivity index (χ0v) is 18.3. The summed E-state index contributed by atoms with van der Waals surface area (Å²) < 4.78 is 24.0. The van der Waals surface area contributed by atoms with Crippen molar-refractivity contribution in [3.8, 4) is 5.88 Å². The number of methoxy groups -OCH3 is 1. The predicted molar refractivity (Wildman–Crippen MR) is 119 cm³/mol. The lowest BCUT2D eigenvalue weighted by atomic mass is 9.97. The maximum atomic E-state index is 12.8. The van der Waals surface area contributed by atoms with Gasteiger partial charge in [0.15, 0.2) is 0 Å². The fraction of sp³-hybridized carbons (Fsp3) is 0.280. The molecule has 0 N–H and O–H groups in total. The quantitative estimate of drug-likeness (QED) is 0.514. The van der Waals surface area contributed by atoms with Gasteiger partial charge in [-0.05, 0) is 30.7 Å². The Kier molecular flexibility index (Phi) is 5.85. The van der Waals surface area contributed by atoms with Crippen LogP contribution in [-0.2, 0) is 20.6 Å². The molecule has 0 unspecified atom stereocenters. The van der Waals surface area contributed by atoms with Crippen molar-refractivity contribution in [2.24, 2.45) is 5.92 Å². The molecule has 9 heteroatoms. The van der Waals surface area contributed by atoms with Crippen molar-refractivity contribution in [2.45, 2.75) is 24.9 Å². The van der Waals surface area contributed by atoms with Crippen LogP contribution in [0.5, 0.6) is 5.88 Å². The molecule has 2 aliphatic rings. The smallest absolute Gasteiger partial charge is 0.353 e. The molecule has 1 aromatic heterocycles. The van der Waals surface area contributed by atoms with Crippen LogP contribution in [0.25, 0.3) is 0 Å². The number of aromatic nitrogens is 2. The fourth-order valence-corrected chi connectivity index (χ4v) is 4.43. The van der Waals surface area contributed by atoms with E-state index < -0.39 is 36.1 Å². The van der Waals surface area contributed by atoms with Crippen LogP contribution < -0.4 is 10.4 Å². The summed E-state index contributed by atoms with van der Waals surface area (Å²) in [6.45, 7) is -0.138. The van der Waals surface area contributed by atoms with E-state index in [9.17, 15) is 14.4 Å². The molecule has 0 bridgehead atoms. The Hall–Kier alpha value is -3.98. The number of carbonyl (C=O) groups is 2. The summed E-state index contributed by atoms with van der Waals surface area (Å²) in [7, 11) is 1.44. The van der Waals surface area contributed by atoms with Gasteiger partial charge in [-0.2, -0.15) is 4.98 Å². The van der Waals surface area contributed by atoms with Crippen LogP contribution in [0, 0.1) is 5.92 Å². The number of ether oxygens (including phenoxy) is 4. The van der Waals surface area contributed by atoms with Crippen molar-refractivity contribution in [1.29, 1.82) is 0 Å². The maximum absolute atomic E-state index is 12.8. The van der Waals surface area contributed by atoms with E-state index in [0.717, 1.165) is 0 Å². The lowest BCUT2D eigenvalue weighted by Crippen LogP contribution is -2.36. The first-order valence-corrected chi connectivity index (χ1v) is 10.9. The normalized spacial score (nSPS) is 22.5. The Balaban J connectivity index is 1.40. The van der Waals surface area contributed by atoms with E-state index >= 15 is 0 Å². The third-order valence-corrected chi connectivity index (χ3v) is 6.03. The molecule has 0 saturated carbocycles. The van der Waals surface area contributed by atoms with Crippen LogP contribution in [0.4, 0.5) is 0 Å². The molecule has 174 valence electrons. The van der Waals surface area contributed by atoms with E-state index in [1.54, 1.807) is 66.7 Å². The molecular weight excluding hydrogens is 440 g/mol. The molecule has 0 amide bonds. The Morgan fingerprint density at radius 2 is 1.68 bits per heavy atom. The number of fused-ring (bicyclic) bond motifs is 3. The maximum Gasteiger partial charge on any atom is 0.353 e. The number of nitrogens with zero attached hydrogens (tertiary/aromatic N) is 2. The summed E-state index contributed by atoms with van der Waals surface area (Å²) in [5, 5.41) is 0. The lowest BCUT2D eigenvalue weighted by molar-refractivity contribution is -0.0581. The van der Waals surface area contributed by atoms with Gasteiger partial charge in [-0.3, -0.25) is 4.57 Å². The largest absolute Gasteiger partial charge is 0.481 e. The van der Waals surface area contributed by atoms with Gasteiger partial charge in [0.05, 0.1) is 18.2 Å². The van der Waals surface area contributed by atoms with Crippen LogP contribution in [-0.4, -0.2) is 47.4 Å². The lowest BCUT2D eigenvalue weighted by Gasteiger charge is -2.22. The van der Waals surface area contributed by atoms with Gasteiger partial charge in [0, 0.05) is 17.7 Å². The SMILES string of the molecule is COc1cc2n(c(=O)n1)[C@@H]1O[C@H](COC(=O)c3ccccc3)[C@@H](OC(=O)c3ccccc3)[C@@H]1C2. The van der Waals surface area contributed by atoms with Gasteiger partial charge in [0.2, 0.25) is 5.88 Å². The van der Waals surface area contributed by atoms with Gasteiger partial charge < -0.3 is 18.9 Å². The molecule has 3 heterocycles. The molecule has 0 spiro atoms. The second kappa shape index (κ2) is 9.11. The van der Waals surface area contributed by atoms with E-state index in [1.807, 2.05) is 0 Å². The van der Waals surface area contributed by atoms with Crippen molar-refractivity contribution in [3.63, 3.8) is 0 Å². The highest BCUT2D eigenvalue weighted by Gasteiger charge is 2.52. The zero-order chi connectivity index (χ0) is 23.7. The van der Waals surface area contributed by atoms with E-state index in [2.05, 4.69) is 4.98 Å². The fourth-order valence-electron chi connectivity index (χ4n) is 4.43. The molecule has 0 radical (unpaired) electrons. The van der Waals surface area contributed by atoms with Gasteiger partial charge in [-0.25, -0.2) is 14.4 Å². The minimum Gasteiger partial charge on any atom is -0.481 e. The van der Waals surface area contributed by atoms with E-state index in [0.29, 0.717) is 23.2 Å². The molecule has 1 saturated heterocycles. The summed E-state index contributed by atoms with van der Waals surface area (Å²) in [4.78, 5) is 41.9. The Morgan fingerprint density at radius 3 is 2.32 bits per heavy atom. The summed E-state index contributed by atoms with van der Waals surface area (Å²) in [6, 6.07) is 18.8. The predicted octanol–water partition coefficient (Wildman–Crippen LogP) is 2.40. The first-order valence-electron chi connectivity index (χ1n) is 10.9. The Bertz CT molecular complexity index is 1260. The van der Waals surface area contributed by atoms with Crippen molar-refractivity contribution >= 4 is 11.9 Å². The third-order valence-electron chi connectivity index (χ3n) is 6.03. The number of hydrogen-bond acceptors (Lipinski definition) is 8. The average Bonchev–Trinajstić information content (AvgIpc) is 3.39. The highest BCUT2D eigenvalue weighted by molar-refractivity contribution is 5.90. The monoisotopic (exact) mass is 462 g/mol. The molecule has 1 fully saturated rings. The van der Waals surface area contributed by atoms with Gasteiger partial charge in [0.25, 0.3) is 0 Å². The van der Waals surface area contributed by atoms with Crippen LogP contribution in [0.3, 0.4) is 0 Å². The molecular formula is C25H22N2O7. The second-order valence-electron chi connectivity index (χ2n) is 8.08. The van der Waals surface area contributed by atoms with Gasteiger partial charge >= 0.3 is 17.6 Å². The highest BCUT2D eigenvalue weighted by Crippen LogP contribution is 2.43. The summed E-state index contributed by atoms with van der Waals surface area (Å²) in [6.07, 6.45) is -1.78. The minimum absolute atomic E-state index is 0.138. The van der Waals surface area contributed by atoms with Crippen LogP contribution in [0.1, 0.15) is 32.6 Å². The van der Waals surface area contributed by atoms with Gasteiger partial charge in [-0.15, -0.1) is 0 Å². The molecule has 2 aliphatic heterocycles. The summed E-state index contributed by atoms with van der Waals surface area (Å²) in [5.41, 5.74) is 0.947. The third kappa shape index (κ3) is 4.06. The number of esters is 2. The number of carbonyl (C=O) groups excluding carboxylic acids is 2. The summed E-state index contributed by atoms with van der Waals surface area (Å²) >= 11 is 0. The topological polar surface area (TPSA) is 106 Å². The zero-order valence-electron chi connectivity index (χ0n) is 18.3. The highest BCUT2D eigenvalue weighted by atomic mass is 16.6. The van der Waals surface area contributed by atoms with Gasteiger partial charge in [-0.1, -0.05) is 36.4 Å². The van der Waals surface area contributed by atoms with Crippen molar-refractivity contribution in [2.75, 3.05) is 13.7 Å². The molecule has 0 aliphatic carbocycles. The van der Waals surface area contributed by atoms with E-state index in [-0.39, 0.29) is 18.4 Å². The number of rotatable bonds is 6. The first-order chi connectivity index (χ1) is 16.5. The molecule has 3 aromatic rings. The molecule has 5 rings (SSSR count). The Morgan fingerprint density at radius 1 is 1.03 bits per heavy atom.